The molecule has 1 aliphatic rings. The van der Waals surface area contributed by atoms with Gasteiger partial charge in [-0.25, -0.2) is 0 Å². The highest BCUT2D eigenvalue weighted by atomic mass is 35.5. The van der Waals surface area contributed by atoms with Crippen molar-refractivity contribution >= 4 is 30.7 Å². The van der Waals surface area contributed by atoms with Gasteiger partial charge in [-0.05, 0) is 64.1 Å². The third-order valence-corrected chi connectivity index (χ3v) is 4.07. The fourth-order valence-electron chi connectivity index (χ4n) is 2.98. The standard InChI is InChI=1S/C17H27N3O.2ClH/c1-18-12-14-7-9-20(10-8-14)17(21)16-6-4-5-15(11-16)13-19(2)3;;/h4-6,11,14,18H,7-10,12-13H2,1-3H3;2*1H. The van der Waals surface area contributed by atoms with Crippen molar-refractivity contribution in [2.24, 2.45) is 5.92 Å². The normalized spacial score (nSPS) is 15.0. The van der Waals surface area contributed by atoms with Crippen LogP contribution in [0.1, 0.15) is 28.8 Å². The van der Waals surface area contributed by atoms with Gasteiger partial charge in [0.2, 0.25) is 0 Å². The van der Waals surface area contributed by atoms with Crippen LogP contribution in [0.5, 0.6) is 0 Å². The van der Waals surface area contributed by atoms with Gasteiger partial charge in [-0.3, -0.25) is 4.79 Å². The molecule has 0 aromatic heterocycles. The number of benzene rings is 1. The maximum absolute atomic E-state index is 12.6. The summed E-state index contributed by atoms with van der Waals surface area (Å²) in [7, 11) is 6.08. The second-order valence-corrected chi connectivity index (χ2v) is 6.23. The van der Waals surface area contributed by atoms with Crippen molar-refractivity contribution in [1.82, 2.24) is 15.1 Å². The van der Waals surface area contributed by atoms with Crippen LogP contribution in [0.15, 0.2) is 24.3 Å². The molecule has 0 spiro atoms. The molecule has 0 atom stereocenters. The molecule has 1 N–H and O–H groups in total. The van der Waals surface area contributed by atoms with Crippen LogP contribution >= 0.6 is 24.8 Å². The minimum atomic E-state index is 0. The highest BCUT2D eigenvalue weighted by Gasteiger charge is 2.23. The quantitative estimate of drug-likeness (QED) is 0.875. The minimum absolute atomic E-state index is 0. The van der Waals surface area contributed by atoms with Crippen LogP contribution in [0.25, 0.3) is 0 Å². The first-order chi connectivity index (χ1) is 10.1. The van der Waals surface area contributed by atoms with Crippen molar-refractivity contribution in [1.29, 1.82) is 0 Å². The van der Waals surface area contributed by atoms with Crippen LogP contribution in [-0.4, -0.2) is 56.5 Å². The molecule has 23 heavy (non-hydrogen) atoms. The Balaban J connectivity index is 0.00000242. The molecule has 1 aliphatic heterocycles. The van der Waals surface area contributed by atoms with Crippen LogP contribution in [0.3, 0.4) is 0 Å². The summed E-state index contributed by atoms with van der Waals surface area (Å²) in [5.74, 6) is 0.887. The number of nitrogens with zero attached hydrogens (tertiary/aromatic N) is 2. The first kappa shape index (κ1) is 22.2. The van der Waals surface area contributed by atoms with Crippen molar-refractivity contribution in [3.63, 3.8) is 0 Å². The molecular formula is C17H29Cl2N3O. The predicted molar refractivity (Wildman–Crippen MR) is 101 cm³/mol. The van der Waals surface area contributed by atoms with Crippen molar-refractivity contribution in [3.8, 4) is 0 Å². The van der Waals surface area contributed by atoms with Gasteiger partial charge in [0.15, 0.2) is 0 Å². The lowest BCUT2D eigenvalue weighted by Crippen LogP contribution is -2.40. The third-order valence-electron chi connectivity index (χ3n) is 4.07. The van der Waals surface area contributed by atoms with Crippen LogP contribution in [0.2, 0.25) is 0 Å². The van der Waals surface area contributed by atoms with Gasteiger partial charge in [0, 0.05) is 25.2 Å². The predicted octanol–water partition coefficient (Wildman–Crippen LogP) is 2.66. The van der Waals surface area contributed by atoms with Crippen molar-refractivity contribution in [2.45, 2.75) is 19.4 Å². The number of nitrogens with one attached hydrogen (secondary N) is 1. The Morgan fingerprint density at radius 3 is 2.48 bits per heavy atom. The van der Waals surface area contributed by atoms with Crippen LogP contribution < -0.4 is 5.32 Å². The van der Waals surface area contributed by atoms with Crippen molar-refractivity contribution < 1.29 is 4.79 Å². The molecule has 1 aromatic carbocycles. The lowest BCUT2D eigenvalue weighted by atomic mass is 9.96. The fraction of sp³-hybridized carbons (Fsp3) is 0.588. The molecule has 4 nitrogen and oxygen atoms in total. The summed E-state index contributed by atoms with van der Waals surface area (Å²) in [6, 6.07) is 8.03. The van der Waals surface area contributed by atoms with E-state index in [2.05, 4.69) is 16.3 Å². The average Bonchev–Trinajstić information content (AvgIpc) is 2.47. The zero-order chi connectivity index (χ0) is 15.2. The maximum Gasteiger partial charge on any atom is 0.253 e. The highest BCUT2D eigenvalue weighted by Crippen LogP contribution is 2.19. The summed E-state index contributed by atoms with van der Waals surface area (Å²) in [6.07, 6.45) is 2.20. The number of carbonyl (C=O) groups is 1. The summed E-state index contributed by atoms with van der Waals surface area (Å²) < 4.78 is 0. The van der Waals surface area contributed by atoms with Gasteiger partial charge in [0.25, 0.3) is 5.91 Å². The lowest BCUT2D eigenvalue weighted by Gasteiger charge is -2.32. The van der Waals surface area contributed by atoms with Gasteiger partial charge >= 0.3 is 0 Å². The average molecular weight is 362 g/mol. The van der Waals surface area contributed by atoms with Gasteiger partial charge in [0.05, 0.1) is 0 Å². The molecule has 1 heterocycles. The molecule has 132 valence electrons. The summed E-state index contributed by atoms with van der Waals surface area (Å²) in [6.45, 7) is 3.68. The van der Waals surface area contributed by atoms with E-state index in [1.807, 2.05) is 44.2 Å². The van der Waals surface area contributed by atoms with Crippen LogP contribution in [0.4, 0.5) is 0 Å². The number of piperidine rings is 1. The van der Waals surface area contributed by atoms with Crippen molar-refractivity contribution in [3.05, 3.63) is 35.4 Å². The van der Waals surface area contributed by atoms with E-state index in [1.165, 1.54) is 5.56 Å². The van der Waals surface area contributed by atoms with E-state index in [1.54, 1.807) is 0 Å². The van der Waals surface area contributed by atoms with E-state index in [0.717, 1.165) is 44.6 Å². The van der Waals surface area contributed by atoms with E-state index >= 15 is 0 Å². The number of carbonyl (C=O) groups excluding carboxylic acids is 1. The van der Waals surface area contributed by atoms with Crippen LogP contribution in [-0.2, 0) is 6.54 Å². The molecule has 0 unspecified atom stereocenters. The molecular weight excluding hydrogens is 333 g/mol. The smallest absolute Gasteiger partial charge is 0.253 e. The molecule has 2 rings (SSSR count). The SMILES string of the molecule is CNCC1CCN(C(=O)c2cccc(CN(C)C)c2)CC1.Cl.Cl. The topological polar surface area (TPSA) is 35.6 Å². The number of rotatable bonds is 5. The molecule has 1 saturated heterocycles. The summed E-state index contributed by atoms with van der Waals surface area (Å²) in [5, 5.41) is 3.23. The number of amides is 1. The monoisotopic (exact) mass is 361 g/mol. The largest absolute Gasteiger partial charge is 0.339 e. The zero-order valence-corrected chi connectivity index (χ0v) is 15.9. The third kappa shape index (κ3) is 6.68. The Kier molecular flexibility index (Phi) is 10.5. The molecule has 0 radical (unpaired) electrons. The fourth-order valence-corrected chi connectivity index (χ4v) is 2.98. The van der Waals surface area contributed by atoms with Gasteiger partial charge in [-0.2, -0.15) is 0 Å². The molecule has 0 bridgehead atoms. The number of halogens is 2. The Labute approximate surface area is 152 Å². The van der Waals surface area contributed by atoms with Gasteiger partial charge in [0.1, 0.15) is 0 Å². The highest BCUT2D eigenvalue weighted by molar-refractivity contribution is 5.94. The summed E-state index contributed by atoms with van der Waals surface area (Å²) >= 11 is 0. The van der Waals surface area contributed by atoms with E-state index in [-0.39, 0.29) is 30.7 Å². The summed E-state index contributed by atoms with van der Waals surface area (Å²) in [4.78, 5) is 16.7. The number of likely N-dealkylation sites (tertiary alicyclic amines) is 1. The van der Waals surface area contributed by atoms with Gasteiger partial charge in [-0.1, -0.05) is 12.1 Å². The Morgan fingerprint density at radius 1 is 1.26 bits per heavy atom. The van der Waals surface area contributed by atoms with E-state index in [4.69, 9.17) is 0 Å². The van der Waals surface area contributed by atoms with E-state index in [9.17, 15) is 4.79 Å². The molecule has 0 aliphatic carbocycles. The second-order valence-electron chi connectivity index (χ2n) is 6.23. The maximum atomic E-state index is 12.6. The Morgan fingerprint density at radius 2 is 1.91 bits per heavy atom. The van der Waals surface area contributed by atoms with Crippen molar-refractivity contribution in [2.75, 3.05) is 40.8 Å². The zero-order valence-electron chi connectivity index (χ0n) is 14.2. The molecule has 0 saturated carbocycles. The molecule has 6 heteroatoms. The number of hydrogen-bond acceptors (Lipinski definition) is 3. The molecule has 1 amide bonds. The van der Waals surface area contributed by atoms with E-state index in [0.29, 0.717) is 5.92 Å². The Hall–Kier alpha value is -0.810. The number of hydrogen-bond donors (Lipinski definition) is 1. The van der Waals surface area contributed by atoms with Gasteiger partial charge < -0.3 is 15.1 Å². The Bertz CT molecular complexity index is 475. The first-order valence-electron chi connectivity index (χ1n) is 7.77. The van der Waals surface area contributed by atoms with Crippen LogP contribution in [0, 0.1) is 5.92 Å². The first-order valence-corrected chi connectivity index (χ1v) is 7.77. The second kappa shape index (κ2) is 10.9. The molecule has 1 aromatic rings. The van der Waals surface area contributed by atoms with Gasteiger partial charge in [-0.15, -0.1) is 24.8 Å². The lowest BCUT2D eigenvalue weighted by molar-refractivity contribution is 0.0690. The summed E-state index contributed by atoms with van der Waals surface area (Å²) in [5.41, 5.74) is 2.01. The minimum Gasteiger partial charge on any atom is -0.339 e. The molecule has 1 fully saturated rings. The van der Waals surface area contributed by atoms with E-state index < -0.39 is 0 Å².